The Kier molecular flexibility index (Phi) is 6.10. The summed E-state index contributed by atoms with van der Waals surface area (Å²) in [5.41, 5.74) is 1.44. The molecule has 1 fully saturated rings. The lowest BCUT2D eigenvalue weighted by Crippen LogP contribution is -2.34. The maximum absolute atomic E-state index is 12.8. The second kappa shape index (κ2) is 7.88. The molecule has 1 aromatic rings. The third-order valence-corrected chi connectivity index (χ3v) is 4.14. The predicted octanol–water partition coefficient (Wildman–Crippen LogP) is 3.72. The number of amides is 1. The molecule has 2 atom stereocenters. The largest absolute Gasteiger partial charge is 0.391 e. The molecule has 134 valence electrons. The van der Waals surface area contributed by atoms with Crippen molar-refractivity contribution in [2.45, 2.75) is 37.9 Å². The molecule has 0 radical (unpaired) electrons. The molecular formula is C17H24F3N3O. The van der Waals surface area contributed by atoms with Gasteiger partial charge in [0.2, 0.25) is 5.91 Å². The zero-order valence-electron chi connectivity index (χ0n) is 14.0. The van der Waals surface area contributed by atoms with Gasteiger partial charge in [0.05, 0.1) is 12.5 Å². The van der Waals surface area contributed by atoms with E-state index in [-0.39, 0.29) is 24.8 Å². The van der Waals surface area contributed by atoms with Gasteiger partial charge in [0.15, 0.2) is 0 Å². The van der Waals surface area contributed by atoms with Gasteiger partial charge in [-0.2, -0.15) is 13.2 Å². The first-order chi connectivity index (χ1) is 11.2. The van der Waals surface area contributed by atoms with E-state index in [4.69, 9.17) is 0 Å². The number of carbonyl (C=O) groups excluding carboxylic acids is 1. The molecule has 0 saturated heterocycles. The van der Waals surface area contributed by atoms with Crippen LogP contribution in [0.15, 0.2) is 24.3 Å². The van der Waals surface area contributed by atoms with Crippen LogP contribution in [-0.4, -0.2) is 43.7 Å². The second-order valence-corrected chi connectivity index (χ2v) is 6.61. The SMILES string of the molecule is CN(C)CC(=O)Nc1ccc(N[C@H]2CCC[C@@H](C(F)(F)F)C2)cc1. The van der Waals surface area contributed by atoms with Crippen LogP contribution in [0, 0.1) is 5.92 Å². The highest BCUT2D eigenvalue weighted by Crippen LogP contribution is 2.38. The minimum atomic E-state index is -4.11. The fourth-order valence-electron chi connectivity index (χ4n) is 2.99. The third kappa shape index (κ3) is 5.70. The van der Waals surface area contributed by atoms with Gasteiger partial charge in [-0.25, -0.2) is 0 Å². The van der Waals surface area contributed by atoms with Gasteiger partial charge in [-0.05, 0) is 57.6 Å². The Morgan fingerprint density at radius 1 is 1.17 bits per heavy atom. The molecular weight excluding hydrogens is 319 g/mol. The first-order valence-corrected chi connectivity index (χ1v) is 8.12. The quantitative estimate of drug-likeness (QED) is 0.856. The summed E-state index contributed by atoms with van der Waals surface area (Å²) < 4.78 is 38.5. The average Bonchev–Trinajstić information content (AvgIpc) is 2.48. The number of carbonyl (C=O) groups is 1. The Balaban J connectivity index is 1.88. The van der Waals surface area contributed by atoms with Crippen molar-refractivity contribution in [3.8, 4) is 0 Å². The molecule has 2 N–H and O–H groups in total. The van der Waals surface area contributed by atoms with Crippen molar-refractivity contribution >= 4 is 17.3 Å². The van der Waals surface area contributed by atoms with Gasteiger partial charge in [0.25, 0.3) is 0 Å². The van der Waals surface area contributed by atoms with Gasteiger partial charge in [-0.15, -0.1) is 0 Å². The lowest BCUT2D eigenvalue weighted by atomic mass is 9.85. The molecule has 1 aliphatic carbocycles. The number of alkyl halides is 3. The number of anilines is 2. The van der Waals surface area contributed by atoms with Crippen LogP contribution in [0.1, 0.15) is 25.7 Å². The number of hydrogen-bond acceptors (Lipinski definition) is 3. The van der Waals surface area contributed by atoms with Gasteiger partial charge in [0, 0.05) is 17.4 Å². The molecule has 24 heavy (non-hydrogen) atoms. The van der Waals surface area contributed by atoms with E-state index in [1.807, 2.05) is 14.1 Å². The average molecular weight is 343 g/mol. The maximum Gasteiger partial charge on any atom is 0.391 e. The maximum atomic E-state index is 12.8. The standard InChI is InChI=1S/C17H24F3N3O/c1-23(2)11-16(24)22-14-8-6-13(7-9-14)21-15-5-3-4-12(10-15)17(18,19)20/h6-9,12,15,21H,3-5,10-11H2,1-2H3,(H,22,24)/t12-,15+/m1/s1. The molecule has 0 unspecified atom stereocenters. The first kappa shape index (κ1) is 18.6. The van der Waals surface area contributed by atoms with Gasteiger partial charge in [-0.1, -0.05) is 6.42 Å². The van der Waals surface area contributed by atoms with E-state index in [0.717, 1.165) is 12.1 Å². The molecule has 0 bridgehead atoms. The van der Waals surface area contributed by atoms with Crippen LogP contribution >= 0.6 is 0 Å². The lowest BCUT2D eigenvalue weighted by molar-refractivity contribution is -0.182. The van der Waals surface area contributed by atoms with Gasteiger partial charge >= 0.3 is 6.18 Å². The highest BCUT2D eigenvalue weighted by molar-refractivity contribution is 5.92. The Labute approximate surface area is 140 Å². The smallest absolute Gasteiger partial charge is 0.382 e. The molecule has 1 aliphatic rings. The van der Waals surface area contributed by atoms with Crippen LogP contribution in [-0.2, 0) is 4.79 Å². The van der Waals surface area contributed by atoms with E-state index in [9.17, 15) is 18.0 Å². The Bertz CT molecular complexity index is 543. The molecule has 4 nitrogen and oxygen atoms in total. The van der Waals surface area contributed by atoms with E-state index < -0.39 is 12.1 Å². The van der Waals surface area contributed by atoms with Crippen molar-refractivity contribution in [2.75, 3.05) is 31.3 Å². The first-order valence-electron chi connectivity index (χ1n) is 8.12. The van der Waals surface area contributed by atoms with E-state index in [0.29, 0.717) is 18.7 Å². The van der Waals surface area contributed by atoms with Crippen LogP contribution in [0.5, 0.6) is 0 Å². The Morgan fingerprint density at radius 2 is 1.79 bits per heavy atom. The normalized spacial score (nSPS) is 21.6. The summed E-state index contributed by atoms with van der Waals surface area (Å²) in [4.78, 5) is 13.4. The summed E-state index contributed by atoms with van der Waals surface area (Å²) in [5, 5.41) is 5.95. The highest BCUT2D eigenvalue weighted by Gasteiger charge is 2.42. The number of nitrogens with zero attached hydrogens (tertiary/aromatic N) is 1. The number of hydrogen-bond donors (Lipinski definition) is 2. The number of likely N-dealkylation sites (N-methyl/N-ethyl adjacent to an activating group) is 1. The zero-order chi connectivity index (χ0) is 17.7. The molecule has 1 saturated carbocycles. The fraction of sp³-hybridized carbons (Fsp3) is 0.588. The van der Waals surface area contributed by atoms with Crippen LogP contribution in [0.25, 0.3) is 0 Å². The van der Waals surface area contributed by atoms with Gasteiger partial charge in [0.1, 0.15) is 0 Å². The summed E-state index contributed by atoms with van der Waals surface area (Å²) in [5.74, 6) is -1.32. The second-order valence-electron chi connectivity index (χ2n) is 6.61. The van der Waals surface area contributed by atoms with Gasteiger partial charge in [-0.3, -0.25) is 4.79 Å². The van der Waals surface area contributed by atoms with Crippen molar-refractivity contribution < 1.29 is 18.0 Å². The Hall–Kier alpha value is -1.76. The molecule has 0 heterocycles. The number of benzene rings is 1. The zero-order valence-corrected chi connectivity index (χ0v) is 14.0. The lowest BCUT2D eigenvalue weighted by Gasteiger charge is -2.31. The summed E-state index contributed by atoms with van der Waals surface area (Å²) in [6, 6.07) is 6.89. The van der Waals surface area contributed by atoms with E-state index in [1.54, 1.807) is 29.2 Å². The van der Waals surface area contributed by atoms with Gasteiger partial charge < -0.3 is 15.5 Å². The molecule has 0 aromatic heterocycles. The van der Waals surface area contributed by atoms with Crippen LogP contribution in [0.2, 0.25) is 0 Å². The molecule has 2 rings (SSSR count). The van der Waals surface area contributed by atoms with Crippen molar-refractivity contribution in [1.29, 1.82) is 0 Å². The predicted molar refractivity (Wildman–Crippen MR) is 89.0 cm³/mol. The fourth-order valence-corrected chi connectivity index (χ4v) is 2.99. The number of halogens is 3. The minimum absolute atomic E-state index is 0.110. The summed E-state index contributed by atoms with van der Waals surface area (Å²) in [6.45, 7) is 0.293. The summed E-state index contributed by atoms with van der Waals surface area (Å²) >= 11 is 0. The molecule has 0 spiro atoms. The number of rotatable bonds is 5. The molecule has 1 aromatic carbocycles. The van der Waals surface area contributed by atoms with Crippen molar-refractivity contribution in [1.82, 2.24) is 4.90 Å². The third-order valence-electron chi connectivity index (χ3n) is 4.14. The summed E-state index contributed by atoms with van der Waals surface area (Å²) in [6.07, 6.45) is -2.45. The van der Waals surface area contributed by atoms with E-state index in [2.05, 4.69) is 10.6 Å². The van der Waals surface area contributed by atoms with Crippen molar-refractivity contribution in [3.63, 3.8) is 0 Å². The monoisotopic (exact) mass is 343 g/mol. The minimum Gasteiger partial charge on any atom is -0.382 e. The van der Waals surface area contributed by atoms with Crippen LogP contribution in [0.3, 0.4) is 0 Å². The van der Waals surface area contributed by atoms with E-state index in [1.165, 1.54) is 0 Å². The van der Waals surface area contributed by atoms with Crippen LogP contribution in [0.4, 0.5) is 24.5 Å². The number of nitrogens with one attached hydrogen (secondary N) is 2. The topological polar surface area (TPSA) is 44.4 Å². The van der Waals surface area contributed by atoms with E-state index >= 15 is 0 Å². The Morgan fingerprint density at radius 3 is 2.38 bits per heavy atom. The van der Waals surface area contributed by atoms with Crippen molar-refractivity contribution in [3.05, 3.63) is 24.3 Å². The molecule has 7 heteroatoms. The molecule has 1 amide bonds. The molecule has 0 aliphatic heterocycles. The van der Waals surface area contributed by atoms with Crippen LogP contribution < -0.4 is 10.6 Å². The highest BCUT2D eigenvalue weighted by atomic mass is 19.4. The summed E-state index contributed by atoms with van der Waals surface area (Å²) in [7, 11) is 3.62. The van der Waals surface area contributed by atoms with Crippen molar-refractivity contribution in [2.24, 2.45) is 5.92 Å².